The molecule has 1 saturated heterocycles. The first-order valence-electron chi connectivity index (χ1n) is 7.24. The SMILES string of the molecule is NC(=O)C1CCN(C(=O)c2ocnc2-c2ccccc2)CC1. The Labute approximate surface area is 127 Å². The molecule has 3 rings (SSSR count). The second-order valence-corrected chi connectivity index (χ2v) is 5.36. The maximum atomic E-state index is 12.6. The minimum absolute atomic E-state index is 0.146. The number of hydrogen-bond acceptors (Lipinski definition) is 4. The highest BCUT2D eigenvalue weighted by Gasteiger charge is 2.29. The monoisotopic (exact) mass is 299 g/mol. The van der Waals surface area contributed by atoms with E-state index in [1.807, 2.05) is 30.3 Å². The zero-order valence-corrected chi connectivity index (χ0v) is 12.1. The quantitative estimate of drug-likeness (QED) is 0.933. The van der Waals surface area contributed by atoms with E-state index < -0.39 is 0 Å². The highest BCUT2D eigenvalue weighted by Crippen LogP contribution is 2.25. The van der Waals surface area contributed by atoms with Gasteiger partial charge < -0.3 is 15.1 Å². The van der Waals surface area contributed by atoms with Gasteiger partial charge in [0.25, 0.3) is 5.91 Å². The van der Waals surface area contributed by atoms with E-state index in [9.17, 15) is 9.59 Å². The van der Waals surface area contributed by atoms with E-state index in [-0.39, 0.29) is 23.5 Å². The lowest BCUT2D eigenvalue weighted by molar-refractivity contribution is -0.123. The zero-order valence-electron chi connectivity index (χ0n) is 12.1. The van der Waals surface area contributed by atoms with Gasteiger partial charge in [-0.25, -0.2) is 4.98 Å². The molecule has 0 saturated carbocycles. The molecule has 1 aromatic carbocycles. The van der Waals surface area contributed by atoms with Crippen molar-refractivity contribution >= 4 is 11.8 Å². The number of hydrogen-bond donors (Lipinski definition) is 1. The van der Waals surface area contributed by atoms with Crippen molar-refractivity contribution in [1.82, 2.24) is 9.88 Å². The Bertz CT molecular complexity index is 673. The first-order valence-corrected chi connectivity index (χ1v) is 7.24. The summed E-state index contributed by atoms with van der Waals surface area (Å²) in [4.78, 5) is 29.6. The van der Waals surface area contributed by atoms with Crippen molar-refractivity contribution in [2.24, 2.45) is 11.7 Å². The number of nitrogens with two attached hydrogens (primary N) is 1. The van der Waals surface area contributed by atoms with Crippen molar-refractivity contribution in [1.29, 1.82) is 0 Å². The van der Waals surface area contributed by atoms with Crippen LogP contribution in [0.25, 0.3) is 11.3 Å². The molecule has 0 unspecified atom stereocenters. The molecule has 1 aliphatic heterocycles. The number of carbonyl (C=O) groups excluding carboxylic acids is 2. The van der Waals surface area contributed by atoms with Crippen LogP contribution in [0.3, 0.4) is 0 Å². The molecule has 2 amide bonds. The smallest absolute Gasteiger partial charge is 0.291 e. The molecule has 114 valence electrons. The predicted octanol–water partition coefficient (Wildman–Crippen LogP) is 1.68. The number of piperidine rings is 1. The van der Waals surface area contributed by atoms with E-state index >= 15 is 0 Å². The summed E-state index contributed by atoms with van der Waals surface area (Å²) in [7, 11) is 0. The molecule has 2 N–H and O–H groups in total. The third-order valence-electron chi connectivity index (χ3n) is 3.99. The molecule has 0 aliphatic carbocycles. The lowest BCUT2D eigenvalue weighted by Gasteiger charge is -2.30. The Balaban J connectivity index is 1.77. The van der Waals surface area contributed by atoms with Crippen molar-refractivity contribution < 1.29 is 14.0 Å². The van der Waals surface area contributed by atoms with Crippen molar-refractivity contribution in [3.63, 3.8) is 0 Å². The molecule has 0 spiro atoms. The summed E-state index contributed by atoms with van der Waals surface area (Å²) in [6.07, 6.45) is 2.47. The topological polar surface area (TPSA) is 89.4 Å². The second kappa shape index (κ2) is 6.01. The van der Waals surface area contributed by atoms with Crippen LogP contribution in [0, 0.1) is 5.92 Å². The van der Waals surface area contributed by atoms with Crippen LogP contribution in [0.5, 0.6) is 0 Å². The van der Waals surface area contributed by atoms with Gasteiger partial charge >= 0.3 is 0 Å². The van der Waals surface area contributed by atoms with E-state index in [0.29, 0.717) is 31.6 Å². The molecule has 1 aliphatic rings. The van der Waals surface area contributed by atoms with Gasteiger partial charge in [-0.3, -0.25) is 9.59 Å². The number of likely N-dealkylation sites (tertiary alicyclic amines) is 1. The number of carbonyl (C=O) groups is 2. The average Bonchev–Trinajstić information content (AvgIpc) is 3.04. The number of benzene rings is 1. The largest absolute Gasteiger partial charge is 0.438 e. The summed E-state index contributed by atoms with van der Waals surface area (Å²) in [5, 5.41) is 0. The Morgan fingerprint density at radius 2 is 1.86 bits per heavy atom. The van der Waals surface area contributed by atoms with Crippen LogP contribution >= 0.6 is 0 Å². The summed E-state index contributed by atoms with van der Waals surface area (Å²) in [5.74, 6) is -0.396. The van der Waals surface area contributed by atoms with Crippen LogP contribution in [0.15, 0.2) is 41.1 Å². The summed E-state index contributed by atoms with van der Waals surface area (Å²) < 4.78 is 5.31. The molecule has 0 atom stereocenters. The molecule has 22 heavy (non-hydrogen) atoms. The maximum absolute atomic E-state index is 12.6. The van der Waals surface area contributed by atoms with Gasteiger partial charge in [0.15, 0.2) is 6.39 Å². The third kappa shape index (κ3) is 2.72. The van der Waals surface area contributed by atoms with Crippen molar-refractivity contribution in [3.8, 4) is 11.3 Å². The van der Waals surface area contributed by atoms with Crippen LogP contribution in [0.1, 0.15) is 23.4 Å². The van der Waals surface area contributed by atoms with Gasteiger partial charge in [0.05, 0.1) is 0 Å². The fourth-order valence-electron chi connectivity index (χ4n) is 2.71. The number of rotatable bonds is 3. The molecule has 1 aromatic heterocycles. The predicted molar refractivity (Wildman–Crippen MR) is 79.8 cm³/mol. The Morgan fingerprint density at radius 3 is 2.50 bits per heavy atom. The minimum Gasteiger partial charge on any atom is -0.438 e. The zero-order chi connectivity index (χ0) is 15.5. The number of oxazole rings is 1. The Kier molecular flexibility index (Phi) is 3.91. The van der Waals surface area contributed by atoms with Gasteiger partial charge in [-0.15, -0.1) is 0 Å². The molecular weight excluding hydrogens is 282 g/mol. The van der Waals surface area contributed by atoms with E-state index in [1.54, 1.807) is 4.90 Å². The number of aromatic nitrogens is 1. The summed E-state index contributed by atoms with van der Waals surface area (Å²) in [5.41, 5.74) is 6.70. The fourth-order valence-corrected chi connectivity index (χ4v) is 2.71. The van der Waals surface area contributed by atoms with Gasteiger partial charge in [-0.2, -0.15) is 0 Å². The van der Waals surface area contributed by atoms with Crippen LogP contribution in [0.2, 0.25) is 0 Å². The number of primary amides is 1. The molecule has 0 radical (unpaired) electrons. The van der Waals surface area contributed by atoms with Crippen LogP contribution in [0.4, 0.5) is 0 Å². The maximum Gasteiger partial charge on any atom is 0.291 e. The second-order valence-electron chi connectivity index (χ2n) is 5.36. The third-order valence-corrected chi connectivity index (χ3v) is 3.99. The molecule has 6 heteroatoms. The first-order chi connectivity index (χ1) is 10.7. The Morgan fingerprint density at radius 1 is 1.18 bits per heavy atom. The highest BCUT2D eigenvalue weighted by molar-refractivity contribution is 5.97. The summed E-state index contributed by atoms with van der Waals surface area (Å²) in [6.45, 7) is 1.00. The van der Waals surface area contributed by atoms with E-state index in [2.05, 4.69) is 4.98 Å². The number of amides is 2. The summed E-state index contributed by atoms with van der Waals surface area (Å²) in [6, 6.07) is 9.44. The summed E-state index contributed by atoms with van der Waals surface area (Å²) >= 11 is 0. The van der Waals surface area contributed by atoms with Crippen molar-refractivity contribution in [2.75, 3.05) is 13.1 Å². The number of nitrogens with zero attached hydrogens (tertiary/aromatic N) is 2. The van der Waals surface area contributed by atoms with Gasteiger partial charge in [0, 0.05) is 24.6 Å². The Hall–Kier alpha value is -2.63. The molecule has 0 bridgehead atoms. The van der Waals surface area contributed by atoms with Crippen molar-refractivity contribution in [2.45, 2.75) is 12.8 Å². The standard InChI is InChI=1S/C16H17N3O3/c17-15(20)12-6-8-19(9-7-12)16(21)14-13(18-10-22-14)11-4-2-1-3-5-11/h1-5,10,12H,6-9H2,(H2,17,20). The van der Waals surface area contributed by atoms with E-state index in [0.717, 1.165) is 5.56 Å². The first kappa shape index (κ1) is 14.3. The van der Waals surface area contributed by atoms with Crippen LogP contribution in [-0.2, 0) is 4.79 Å². The lowest BCUT2D eigenvalue weighted by Crippen LogP contribution is -2.41. The highest BCUT2D eigenvalue weighted by atomic mass is 16.3. The van der Waals surface area contributed by atoms with E-state index in [1.165, 1.54) is 6.39 Å². The fraction of sp³-hybridized carbons (Fsp3) is 0.312. The molecule has 6 nitrogen and oxygen atoms in total. The lowest BCUT2D eigenvalue weighted by atomic mass is 9.96. The van der Waals surface area contributed by atoms with Gasteiger partial charge in [-0.1, -0.05) is 30.3 Å². The normalized spacial score (nSPS) is 15.7. The van der Waals surface area contributed by atoms with Gasteiger partial charge in [0.2, 0.25) is 11.7 Å². The average molecular weight is 299 g/mol. The van der Waals surface area contributed by atoms with E-state index in [4.69, 9.17) is 10.2 Å². The van der Waals surface area contributed by atoms with Crippen LogP contribution < -0.4 is 5.73 Å². The molecule has 2 aromatic rings. The van der Waals surface area contributed by atoms with Gasteiger partial charge in [0.1, 0.15) is 5.69 Å². The van der Waals surface area contributed by atoms with Crippen LogP contribution in [-0.4, -0.2) is 34.8 Å². The minimum atomic E-state index is -0.295. The van der Waals surface area contributed by atoms with Gasteiger partial charge in [-0.05, 0) is 12.8 Å². The molecular formula is C16H17N3O3. The molecule has 2 heterocycles. The molecule has 1 fully saturated rings. The van der Waals surface area contributed by atoms with Crippen molar-refractivity contribution in [3.05, 3.63) is 42.5 Å².